The fourth-order valence-electron chi connectivity index (χ4n) is 3.99. The molecule has 0 radical (unpaired) electrons. The van der Waals surface area contributed by atoms with Gasteiger partial charge in [-0.3, -0.25) is 0 Å². The fraction of sp³-hybridized carbons (Fsp3) is 1.00. The zero-order valence-electron chi connectivity index (χ0n) is 12.7. The number of rotatable bonds is 6. The molecule has 2 fully saturated rings. The maximum absolute atomic E-state index is 9.58. The van der Waals surface area contributed by atoms with E-state index in [0.29, 0.717) is 12.0 Å². The minimum atomic E-state index is 0.277. The first kappa shape index (κ1) is 15.3. The predicted molar refractivity (Wildman–Crippen MR) is 80.2 cm³/mol. The van der Waals surface area contributed by atoms with E-state index in [2.05, 4.69) is 24.5 Å². The van der Waals surface area contributed by atoms with Crippen LogP contribution in [0.15, 0.2) is 0 Å². The largest absolute Gasteiger partial charge is 0.395 e. The SMILES string of the molecule is CC(C)CC(CO)NC1CCCCC1C1CCCN1. The molecular formula is C16H32N2O. The Morgan fingerprint density at radius 1 is 1.16 bits per heavy atom. The summed E-state index contributed by atoms with van der Waals surface area (Å²) in [6, 6.07) is 1.61. The van der Waals surface area contributed by atoms with Crippen LogP contribution in [0.5, 0.6) is 0 Å². The molecule has 0 spiro atoms. The van der Waals surface area contributed by atoms with Gasteiger partial charge in [-0.1, -0.05) is 26.7 Å². The molecule has 2 aliphatic rings. The lowest BCUT2D eigenvalue weighted by molar-refractivity contribution is 0.158. The average Bonchev–Trinajstić information content (AvgIpc) is 2.92. The number of nitrogens with one attached hydrogen (secondary N) is 2. The van der Waals surface area contributed by atoms with Gasteiger partial charge in [-0.25, -0.2) is 0 Å². The van der Waals surface area contributed by atoms with Crippen LogP contribution in [-0.2, 0) is 0 Å². The molecule has 4 unspecified atom stereocenters. The van der Waals surface area contributed by atoms with E-state index in [1.54, 1.807) is 0 Å². The van der Waals surface area contributed by atoms with Crippen LogP contribution in [-0.4, -0.2) is 36.4 Å². The summed E-state index contributed by atoms with van der Waals surface area (Å²) < 4.78 is 0. The highest BCUT2D eigenvalue weighted by Gasteiger charge is 2.34. The molecule has 1 saturated heterocycles. The zero-order chi connectivity index (χ0) is 13.7. The number of aliphatic hydroxyl groups excluding tert-OH is 1. The second-order valence-electron chi connectivity index (χ2n) is 6.93. The van der Waals surface area contributed by atoms with E-state index in [0.717, 1.165) is 18.4 Å². The van der Waals surface area contributed by atoms with Crippen molar-refractivity contribution in [3.63, 3.8) is 0 Å². The Balaban J connectivity index is 1.90. The number of aliphatic hydroxyl groups is 1. The van der Waals surface area contributed by atoms with Gasteiger partial charge in [0, 0.05) is 18.1 Å². The number of hydrogen-bond acceptors (Lipinski definition) is 3. The molecule has 0 bridgehead atoms. The summed E-state index contributed by atoms with van der Waals surface area (Å²) in [5.74, 6) is 1.42. The van der Waals surface area contributed by atoms with Gasteiger partial charge in [0.25, 0.3) is 0 Å². The smallest absolute Gasteiger partial charge is 0.0584 e. The summed E-state index contributed by atoms with van der Waals surface area (Å²) >= 11 is 0. The molecule has 19 heavy (non-hydrogen) atoms. The first-order valence-electron chi connectivity index (χ1n) is 8.31. The maximum Gasteiger partial charge on any atom is 0.0584 e. The van der Waals surface area contributed by atoms with Gasteiger partial charge in [0.05, 0.1) is 6.61 Å². The molecule has 4 atom stereocenters. The Morgan fingerprint density at radius 3 is 2.58 bits per heavy atom. The molecule has 0 aromatic carbocycles. The van der Waals surface area contributed by atoms with Crippen LogP contribution in [0.4, 0.5) is 0 Å². The summed E-state index contributed by atoms with van der Waals surface area (Å²) in [4.78, 5) is 0. The molecule has 1 heterocycles. The fourth-order valence-corrected chi connectivity index (χ4v) is 3.99. The molecule has 3 heteroatoms. The van der Waals surface area contributed by atoms with Crippen LogP contribution >= 0.6 is 0 Å². The van der Waals surface area contributed by atoms with Crippen LogP contribution in [0.3, 0.4) is 0 Å². The molecule has 1 saturated carbocycles. The standard InChI is InChI=1S/C16H32N2O/c1-12(2)10-13(11-19)18-16-7-4-3-6-14(16)15-8-5-9-17-15/h12-19H,3-11H2,1-2H3. The quantitative estimate of drug-likeness (QED) is 0.692. The van der Waals surface area contributed by atoms with Crippen LogP contribution in [0.1, 0.15) is 58.8 Å². The Labute approximate surface area is 118 Å². The third-order valence-corrected chi connectivity index (χ3v) is 4.86. The predicted octanol–water partition coefficient (Wildman–Crippen LogP) is 2.29. The normalized spacial score (nSPS) is 33.8. The zero-order valence-corrected chi connectivity index (χ0v) is 12.7. The molecule has 112 valence electrons. The van der Waals surface area contributed by atoms with Crippen molar-refractivity contribution in [2.24, 2.45) is 11.8 Å². The molecule has 3 N–H and O–H groups in total. The second-order valence-corrected chi connectivity index (χ2v) is 6.93. The highest BCUT2D eigenvalue weighted by Crippen LogP contribution is 2.31. The van der Waals surface area contributed by atoms with Gasteiger partial charge in [-0.05, 0) is 50.5 Å². The molecule has 3 nitrogen and oxygen atoms in total. The first-order chi connectivity index (χ1) is 9.20. The molecule has 0 amide bonds. The van der Waals surface area contributed by atoms with Gasteiger partial charge >= 0.3 is 0 Å². The average molecular weight is 268 g/mol. The van der Waals surface area contributed by atoms with Gasteiger partial charge in [0.15, 0.2) is 0 Å². The van der Waals surface area contributed by atoms with Crippen molar-refractivity contribution in [1.29, 1.82) is 0 Å². The number of hydrogen-bond donors (Lipinski definition) is 3. The second kappa shape index (κ2) is 7.61. The molecule has 0 aromatic rings. The topological polar surface area (TPSA) is 44.3 Å². The molecule has 2 rings (SSSR count). The van der Waals surface area contributed by atoms with E-state index in [-0.39, 0.29) is 12.6 Å². The van der Waals surface area contributed by atoms with E-state index in [1.165, 1.54) is 45.1 Å². The monoisotopic (exact) mass is 268 g/mol. The van der Waals surface area contributed by atoms with Crippen LogP contribution in [0.25, 0.3) is 0 Å². The van der Waals surface area contributed by atoms with Gasteiger partial charge in [0.2, 0.25) is 0 Å². The van der Waals surface area contributed by atoms with E-state index in [1.807, 2.05) is 0 Å². The van der Waals surface area contributed by atoms with Gasteiger partial charge in [0.1, 0.15) is 0 Å². The van der Waals surface area contributed by atoms with Crippen molar-refractivity contribution >= 4 is 0 Å². The minimum Gasteiger partial charge on any atom is -0.395 e. The third kappa shape index (κ3) is 4.44. The van der Waals surface area contributed by atoms with Crippen molar-refractivity contribution in [3.05, 3.63) is 0 Å². The molecule has 1 aliphatic heterocycles. The van der Waals surface area contributed by atoms with E-state index in [9.17, 15) is 5.11 Å². The Bertz CT molecular complexity index is 251. The van der Waals surface area contributed by atoms with Crippen molar-refractivity contribution in [2.45, 2.75) is 76.9 Å². The van der Waals surface area contributed by atoms with E-state index < -0.39 is 0 Å². The lowest BCUT2D eigenvalue weighted by atomic mass is 9.78. The molecular weight excluding hydrogens is 236 g/mol. The third-order valence-electron chi connectivity index (χ3n) is 4.86. The summed E-state index contributed by atoms with van der Waals surface area (Å²) in [6.45, 7) is 5.95. The summed E-state index contributed by atoms with van der Waals surface area (Å²) in [5.41, 5.74) is 0. The first-order valence-corrected chi connectivity index (χ1v) is 8.31. The summed E-state index contributed by atoms with van der Waals surface area (Å²) in [7, 11) is 0. The Hall–Kier alpha value is -0.120. The van der Waals surface area contributed by atoms with Crippen molar-refractivity contribution < 1.29 is 5.11 Å². The summed E-state index contributed by atoms with van der Waals surface area (Å²) in [5, 5.41) is 17.0. The van der Waals surface area contributed by atoms with Crippen molar-refractivity contribution in [2.75, 3.05) is 13.2 Å². The van der Waals surface area contributed by atoms with Gasteiger partial charge in [-0.2, -0.15) is 0 Å². The highest BCUT2D eigenvalue weighted by atomic mass is 16.3. The van der Waals surface area contributed by atoms with Gasteiger partial charge < -0.3 is 15.7 Å². The van der Waals surface area contributed by atoms with Gasteiger partial charge in [-0.15, -0.1) is 0 Å². The van der Waals surface area contributed by atoms with Crippen LogP contribution in [0, 0.1) is 11.8 Å². The van der Waals surface area contributed by atoms with E-state index >= 15 is 0 Å². The van der Waals surface area contributed by atoms with Crippen molar-refractivity contribution in [3.8, 4) is 0 Å². The van der Waals surface area contributed by atoms with Crippen LogP contribution in [0.2, 0.25) is 0 Å². The minimum absolute atomic E-state index is 0.277. The Morgan fingerprint density at radius 2 is 1.95 bits per heavy atom. The molecule has 0 aromatic heterocycles. The highest BCUT2D eigenvalue weighted by molar-refractivity contribution is 4.92. The molecule has 1 aliphatic carbocycles. The lowest BCUT2D eigenvalue weighted by Gasteiger charge is -2.38. The summed E-state index contributed by atoms with van der Waals surface area (Å²) in [6.07, 6.45) is 9.14. The lowest BCUT2D eigenvalue weighted by Crippen LogP contribution is -2.51. The van der Waals surface area contributed by atoms with Crippen LogP contribution < -0.4 is 10.6 Å². The maximum atomic E-state index is 9.58. The Kier molecular flexibility index (Phi) is 6.11. The van der Waals surface area contributed by atoms with E-state index in [4.69, 9.17) is 0 Å². The van der Waals surface area contributed by atoms with Crippen molar-refractivity contribution in [1.82, 2.24) is 10.6 Å².